The first-order valence-electron chi connectivity index (χ1n) is 7.86. The summed E-state index contributed by atoms with van der Waals surface area (Å²) in [7, 11) is 1.47. The molecule has 0 spiro atoms. The number of carbonyl (C=O) groups is 3. The van der Waals surface area contributed by atoms with Gasteiger partial charge in [-0.3, -0.25) is 14.5 Å². The van der Waals surface area contributed by atoms with Crippen LogP contribution >= 0.6 is 11.8 Å². The summed E-state index contributed by atoms with van der Waals surface area (Å²) in [5, 5.41) is 11.5. The Bertz CT molecular complexity index is 766. The van der Waals surface area contributed by atoms with Crippen LogP contribution in [0, 0.1) is 0 Å². The number of amides is 2. The maximum absolute atomic E-state index is 12.4. The summed E-state index contributed by atoms with van der Waals surface area (Å²) in [6.07, 6.45) is 0. The number of nitrogens with one attached hydrogen (secondary N) is 1. The van der Waals surface area contributed by atoms with Gasteiger partial charge in [-0.1, -0.05) is 30.0 Å². The molecule has 2 unspecified atom stereocenters. The number of β-lactam (4-membered cyclic amide) rings is 1. The van der Waals surface area contributed by atoms with E-state index in [-0.39, 0.29) is 12.3 Å². The van der Waals surface area contributed by atoms with Crippen LogP contribution in [0.5, 0.6) is 5.75 Å². The lowest BCUT2D eigenvalue weighted by Gasteiger charge is -2.50. The van der Waals surface area contributed by atoms with E-state index in [0.717, 1.165) is 0 Å². The number of fused-ring (bicyclic) bond motifs is 1. The van der Waals surface area contributed by atoms with Gasteiger partial charge in [-0.2, -0.15) is 0 Å². The Morgan fingerprint density at radius 1 is 1.31 bits per heavy atom. The summed E-state index contributed by atoms with van der Waals surface area (Å²) in [6, 6.07) is 8.02. The van der Waals surface area contributed by atoms with Crippen LogP contribution < -0.4 is 10.1 Å². The molecule has 26 heavy (non-hydrogen) atoms. The second-order valence-electron chi connectivity index (χ2n) is 5.79. The molecule has 1 saturated heterocycles. The third-order valence-corrected chi connectivity index (χ3v) is 5.68. The maximum atomic E-state index is 12.4. The Morgan fingerprint density at radius 2 is 2.00 bits per heavy atom. The number of carboxylic acid groups (broad SMARTS) is 1. The fraction of sp³-hybridized carbons (Fsp3) is 0.353. The Hall–Kier alpha value is -2.52. The van der Waals surface area contributed by atoms with Crippen LogP contribution in [0.1, 0.15) is 6.92 Å². The Balaban J connectivity index is 1.65. The molecule has 1 fully saturated rings. The summed E-state index contributed by atoms with van der Waals surface area (Å²) in [4.78, 5) is 37.2. The first-order valence-corrected chi connectivity index (χ1v) is 8.81. The van der Waals surface area contributed by atoms with Crippen molar-refractivity contribution in [3.63, 3.8) is 0 Å². The Kier molecular flexibility index (Phi) is 5.19. The molecule has 1 aromatic rings. The molecule has 2 N–H and O–H groups in total. The second-order valence-corrected chi connectivity index (χ2v) is 6.97. The predicted octanol–water partition coefficient (Wildman–Crippen LogP) is 0.796. The van der Waals surface area contributed by atoms with E-state index in [0.29, 0.717) is 11.3 Å². The Morgan fingerprint density at radius 3 is 2.62 bits per heavy atom. The molecule has 0 aromatic heterocycles. The van der Waals surface area contributed by atoms with Gasteiger partial charge in [0.05, 0.1) is 0 Å². The highest BCUT2D eigenvalue weighted by atomic mass is 32.2. The zero-order valence-corrected chi connectivity index (χ0v) is 15.0. The van der Waals surface area contributed by atoms with Crippen molar-refractivity contribution in [2.24, 2.45) is 0 Å². The molecule has 1 aromatic carbocycles. The molecule has 2 aliphatic heterocycles. The van der Waals surface area contributed by atoms with Crippen molar-refractivity contribution in [2.45, 2.75) is 23.8 Å². The fourth-order valence-electron chi connectivity index (χ4n) is 2.89. The molecule has 8 nitrogen and oxygen atoms in total. The number of carbonyl (C=O) groups excluding carboxylic acids is 2. The van der Waals surface area contributed by atoms with Crippen LogP contribution in [0.4, 0.5) is 0 Å². The number of carboxylic acids is 1. The van der Waals surface area contributed by atoms with Crippen LogP contribution in [-0.4, -0.2) is 58.4 Å². The van der Waals surface area contributed by atoms with Gasteiger partial charge in [0.2, 0.25) is 0 Å². The average Bonchev–Trinajstić information content (AvgIpc) is 2.64. The molecule has 0 bridgehead atoms. The summed E-state index contributed by atoms with van der Waals surface area (Å²) >= 11 is 1.28. The highest BCUT2D eigenvalue weighted by Crippen LogP contribution is 2.44. The van der Waals surface area contributed by atoms with Crippen molar-refractivity contribution < 1.29 is 29.0 Å². The van der Waals surface area contributed by atoms with E-state index < -0.39 is 34.6 Å². The number of benzene rings is 1. The van der Waals surface area contributed by atoms with E-state index in [9.17, 15) is 19.5 Å². The standard InChI is InChI=1S/C17H18N2O6S/c1-9-13(16(22)23)19-14(21)12(15(19)26-17(9)24-2)18-11(20)8-25-10-6-4-3-5-7-10/h3-7,12,15,17H,8H2,1-2H3,(H,18,20)(H,22,23)/t12?,15-,17?/m1/s1. The van der Waals surface area contributed by atoms with Crippen molar-refractivity contribution >= 4 is 29.5 Å². The first-order chi connectivity index (χ1) is 12.4. The molecule has 0 aliphatic carbocycles. The van der Waals surface area contributed by atoms with E-state index in [1.807, 2.05) is 6.07 Å². The van der Waals surface area contributed by atoms with Crippen molar-refractivity contribution in [1.29, 1.82) is 0 Å². The summed E-state index contributed by atoms with van der Waals surface area (Å²) < 4.78 is 10.7. The van der Waals surface area contributed by atoms with Gasteiger partial charge in [0.15, 0.2) is 6.61 Å². The number of rotatable bonds is 6. The topological polar surface area (TPSA) is 105 Å². The van der Waals surface area contributed by atoms with Gasteiger partial charge in [-0.15, -0.1) is 0 Å². The monoisotopic (exact) mass is 378 g/mol. The van der Waals surface area contributed by atoms with Gasteiger partial charge < -0.3 is 19.9 Å². The highest BCUT2D eigenvalue weighted by Gasteiger charge is 2.55. The van der Waals surface area contributed by atoms with Gasteiger partial charge >= 0.3 is 5.97 Å². The van der Waals surface area contributed by atoms with Gasteiger partial charge in [-0.05, 0) is 24.6 Å². The molecule has 0 saturated carbocycles. The number of methoxy groups -OCH3 is 1. The van der Waals surface area contributed by atoms with Crippen LogP contribution in [0.15, 0.2) is 41.6 Å². The SMILES string of the molecule is COC1S[C@@H]2C(NC(=O)COc3ccccc3)C(=O)N2C(C(=O)O)=C1C. The third kappa shape index (κ3) is 3.27. The molecule has 2 aliphatic rings. The molecule has 2 amide bonds. The summed E-state index contributed by atoms with van der Waals surface area (Å²) in [6.45, 7) is 1.38. The molecule has 138 valence electrons. The number of thioether (sulfide) groups is 1. The van der Waals surface area contributed by atoms with Crippen molar-refractivity contribution in [3.05, 3.63) is 41.6 Å². The van der Waals surface area contributed by atoms with E-state index in [4.69, 9.17) is 9.47 Å². The number of aliphatic carboxylic acids is 1. The number of hydrogen-bond donors (Lipinski definition) is 2. The van der Waals surface area contributed by atoms with Crippen molar-refractivity contribution in [3.8, 4) is 5.75 Å². The average molecular weight is 378 g/mol. The van der Waals surface area contributed by atoms with E-state index in [1.54, 1.807) is 31.2 Å². The maximum Gasteiger partial charge on any atom is 0.352 e. The third-order valence-electron chi connectivity index (χ3n) is 4.12. The van der Waals surface area contributed by atoms with Crippen molar-refractivity contribution in [2.75, 3.05) is 13.7 Å². The lowest BCUT2D eigenvalue weighted by Crippen LogP contribution is -2.71. The minimum Gasteiger partial charge on any atom is -0.484 e. The van der Waals surface area contributed by atoms with Crippen molar-refractivity contribution in [1.82, 2.24) is 10.2 Å². The minimum atomic E-state index is -1.19. The highest BCUT2D eigenvalue weighted by molar-refractivity contribution is 8.00. The molecule has 0 radical (unpaired) electrons. The second kappa shape index (κ2) is 7.38. The molecule has 3 atom stereocenters. The largest absolute Gasteiger partial charge is 0.484 e. The molecule has 9 heteroatoms. The van der Waals surface area contributed by atoms with E-state index in [2.05, 4.69) is 5.32 Å². The molecule has 3 rings (SSSR count). The van der Waals surface area contributed by atoms with Crippen LogP contribution in [0.3, 0.4) is 0 Å². The predicted molar refractivity (Wildman–Crippen MR) is 93.2 cm³/mol. The van der Waals surface area contributed by atoms with Crippen LogP contribution in [-0.2, 0) is 19.1 Å². The lowest BCUT2D eigenvalue weighted by atomic mass is 10.0. The van der Waals surface area contributed by atoms with Gasteiger partial charge in [-0.25, -0.2) is 4.79 Å². The lowest BCUT2D eigenvalue weighted by molar-refractivity contribution is -0.151. The summed E-state index contributed by atoms with van der Waals surface area (Å²) in [5.74, 6) is -1.56. The van der Waals surface area contributed by atoms with Crippen LogP contribution in [0.25, 0.3) is 0 Å². The summed E-state index contributed by atoms with van der Waals surface area (Å²) in [5.41, 5.74) is -0.112. The fourth-order valence-corrected chi connectivity index (χ4v) is 4.24. The Labute approximate surface area is 154 Å². The zero-order valence-electron chi connectivity index (χ0n) is 14.2. The quantitative estimate of drug-likeness (QED) is 0.705. The van der Waals surface area contributed by atoms with E-state index >= 15 is 0 Å². The number of nitrogens with zero attached hydrogens (tertiary/aromatic N) is 1. The van der Waals surface area contributed by atoms with Gasteiger partial charge in [0.1, 0.15) is 28.3 Å². The number of para-hydroxylation sites is 1. The molecular weight excluding hydrogens is 360 g/mol. The zero-order chi connectivity index (χ0) is 18.8. The van der Waals surface area contributed by atoms with E-state index in [1.165, 1.54) is 23.8 Å². The van der Waals surface area contributed by atoms with Gasteiger partial charge in [0.25, 0.3) is 11.8 Å². The number of ether oxygens (including phenoxy) is 2. The smallest absolute Gasteiger partial charge is 0.352 e. The first kappa shape index (κ1) is 18.3. The van der Waals surface area contributed by atoms with Gasteiger partial charge in [0, 0.05) is 7.11 Å². The number of hydrogen-bond acceptors (Lipinski definition) is 6. The normalized spacial score (nSPS) is 24.6. The van der Waals surface area contributed by atoms with Crippen LogP contribution in [0.2, 0.25) is 0 Å². The molecule has 2 heterocycles. The minimum absolute atomic E-state index is 0.0864. The molecular formula is C17H18N2O6S.